The second kappa shape index (κ2) is 5.60. The lowest BCUT2D eigenvalue weighted by atomic mass is 10.2. The highest BCUT2D eigenvalue weighted by atomic mass is 16.6. The van der Waals surface area contributed by atoms with Crippen LogP contribution in [0, 0.1) is 0 Å². The van der Waals surface area contributed by atoms with Crippen LogP contribution in [0.2, 0.25) is 0 Å². The maximum Gasteiger partial charge on any atom is 0.350 e. The molecule has 0 saturated heterocycles. The fourth-order valence-corrected chi connectivity index (χ4v) is 1.63. The Balaban J connectivity index is 2.10. The molecule has 1 aliphatic rings. The Bertz CT molecular complexity index is 496. The third-order valence-electron chi connectivity index (χ3n) is 2.39. The highest BCUT2D eigenvalue weighted by Crippen LogP contribution is 2.35. The molecule has 1 aliphatic heterocycles. The molecule has 0 amide bonds. The van der Waals surface area contributed by atoms with Crippen LogP contribution in [0.4, 0.5) is 0 Å². The molecule has 102 valence electrons. The van der Waals surface area contributed by atoms with Gasteiger partial charge in [0.2, 0.25) is 6.10 Å². The van der Waals surface area contributed by atoms with Crippen LogP contribution in [0.15, 0.2) is 18.2 Å². The molecular formula is C13H14O6. The van der Waals surface area contributed by atoms with Crippen molar-refractivity contribution in [2.45, 2.75) is 20.0 Å². The third-order valence-corrected chi connectivity index (χ3v) is 2.39. The van der Waals surface area contributed by atoms with E-state index in [0.29, 0.717) is 17.2 Å². The van der Waals surface area contributed by atoms with E-state index in [1.807, 2.05) is 0 Å². The standard InChI is InChI=1S/C13H14O6/c1-3-16-13(15)12-7-17-11-6-9(18-8(2)14)4-5-10(11)19-12/h4-6,12H,3,7H2,1-2H3/t12-/m1/s1. The summed E-state index contributed by atoms with van der Waals surface area (Å²) in [6.07, 6.45) is -0.771. The number of fused-ring (bicyclic) bond motifs is 1. The maximum absolute atomic E-state index is 11.5. The molecule has 1 heterocycles. The van der Waals surface area contributed by atoms with E-state index in [1.54, 1.807) is 19.1 Å². The van der Waals surface area contributed by atoms with Crippen molar-refractivity contribution in [1.82, 2.24) is 0 Å². The van der Waals surface area contributed by atoms with Crippen molar-refractivity contribution in [3.8, 4) is 17.2 Å². The molecule has 0 unspecified atom stereocenters. The minimum atomic E-state index is -0.771. The molecule has 0 N–H and O–H groups in total. The minimum absolute atomic E-state index is 0.0648. The van der Waals surface area contributed by atoms with E-state index >= 15 is 0 Å². The van der Waals surface area contributed by atoms with E-state index in [0.717, 1.165) is 0 Å². The van der Waals surface area contributed by atoms with Gasteiger partial charge in [-0.15, -0.1) is 0 Å². The zero-order valence-corrected chi connectivity index (χ0v) is 10.7. The Morgan fingerprint density at radius 2 is 2.16 bits per heavy atom. The first-order valence-electron chi connectivity index (χ1n) is 5.88. The van der Waals surface area contributed by atoms with Gasteiger partial charge < -0.3 is 18.9 Å². The molecular weight excluding hydrogens is 252 g/mol. The van der Waals surface area contributed by atoms with Crippen molar-refractivity contribution in [2.75, 3.05) is 13.2 Å². The van der Waals surface area contributed by atoms with Gasteiger partial charge in [-0.3, -0.25) is 4.79 Å². The van der Waals surface area contributed by atoms with Crippen molar-refractivity contribution in [1.29, 1.82) is 0 Å². The Morgan fingerprint density at radius 3 is 2.84 bits per heavy atom. The summed E-state index contributed by atoms with van der Waals surface area (Å²) in [6, 6.07) is 4.69. The first-order chi connectivity index (χ1) is 9.10. The van der Waals surface area contributed by atoms with Gasteiger partial charge in [-0.1, -0.05) is 0 Å². The van der Waals surface area contributed by atoms with Gasteiger partial charge in [-0.05, 0) is 19.1 Å². The summed E-state index contributed by atoms with van der Waals surface area (Å²) in [5, 5.41) is 0. The number of hydrogen-bond donors (Lipinski definition) is 0. The highest BCUT2D eigenvalue weighted by Gasteiger charge is 2.28. The van der Waals surface area contributed by atoms with Gasteiger partial charge in [-0.25, -0.2) is 4.79 Å². The Labute approximate surface area is 110 Å². The first kappa shape index (κ1) is 13.2. The number of benzene rings is 1. The fraction of sp³-hybridized carbons (Fsp3) is 0.385. The minimum Gasteiger partial charge on any atom is -0.485 e. The largest absolute Gasteiger partial charge is 0.485 e. The van der Waals surface area contributed by atoms with Crippen LogP contribution in [0.25, 0.3) is 0 Å². The van der Waals surface area contributed by atoms with Gasteiger partial charge in [0.1, 0.15) is 12.4 Å². The lowest BCUT2D eigenvalue weighted by Crippen LogP contribution is -2.37. The number of hydrogen-bond acceptors (Lipinski definition) is 6. The van der Waals surface area contributed by atoms with Crippen LogP contribution in [0.5, 0.6) is 17.2 Å². The van der Waals surface area contributed by atoms with Gasteiger partial charge in [0.25, 0.3) is 0 Å². The molecule has 0 spiro atoms. The molecule has 0 bridgehead atoms. The van der Waals surface area contributed by atoms with Crippen LogP contribution in [-0.2, 0) is 14.3 Å². The topological polar surface area (TPSA) is 71.1 Å². The van der Waals surface area contributed by atoms with Crippen molar-refractivity contribution in [3.05, 3.63) is 18.2 Å². The van der Waals surface area contributed by atoms with Crippen molar-refractivity contribution >= 4 is 11.9 Å². The second-order valence-corrected chi connectivity index (χ2v) is 3.87. The van der Waals surface area contributed by atoms with Crippen LogP contribution in [0.3, 0.4) is 0 Å². The normalized spacial score (nSPS) is 16.6. The first-order valence-corrected chi connectivity index (χ1v) is 5.88. The van der Waals surface area contributed by atoms with Gasteiger partial charge in [0, 0.05) is 13.0 Å². The molecule has 0 aliphatic carbocycles. The monoisotopic (exact) mass is 266 g/mol. The molecule has 2 rings (SSSR count). The summed E-state index contributed by atoms with van der Waals surface area (Å²) in [4.78, 5) is 22.4. The second-order valence-electron chi connectivity index (χ2n) is 3.87. The molecule has 1 atom stereocenters. The average molecular weight is 266 g/mol. The Morgan fingerprint density at radius 1 is 1.37 bits per heavy atom. The van der Waals surface area contributed by atoms with Gasteiger partial charge in [0.05, 0.1) is 6.61 Å². The van der Waals surface area contributed by atoms with Crippen LogP contribution < -0.4 is 14.2 Å². The number of ether oxygens (including phenoxy) is 4. The molecule has 6 heteroatoms. The summed E-state index contributed by atoms with van der Waals surface area (Å²) in [7, 11) is 0. The van der Waals surface area contributed by atoms with Crippen LogP contribution in [0.1, 0.15) is 13.8 Å². The van der Waals surface area contributed by atoms with E-state index in [1.165, 1.54) is 13.0 Å². The van der Waals surface area contributed by atoms with Crippen LogP contribution in [-0.4, -0.2) is 31.3 Å². The SMILES string of the molecule is CCOC(=O)[C@H]1COc2cc(OC(C)=O)ccc2O1. The van der Waals surface area contributed by atoms with Crippen molar-refractivity contribution in [3.63, 3.8) is 0 Å². The smallest absolute Gasteiger partial charge is 0.350 e. The maximum atomic E-state index is 11.5. The van der Waals surface area contributed by atoms with E-state index < -0.39 is 18.0 Å². The number of carbonyl (C=O) groups excluding carboxylic acids is 2. The third kappa shape index (κ3) is 3.15. The molecule has 6 nitrogen and oxygen atoms in total. The van der Waals surface area contributed by atoms with Crippen LogP contribution >= 0.6 is 0 Å². The van der Waals surface area contributed by atoms with E-state index in [2.05, 4.69) is 0 Å². The summed E-state index contributed by atoms with van der Waals surface area (Å²) in [5.74, 6) is 0.335. The summed E-state index contributed by atoms with van der Waals surface area (Å²) >= 11 is 0. The zero-order chi connectivity index (χ0) is 13.8. The molecule has 0 saturated carbocycles. The molecule has 1 aromatic rings. The number of esters is 2. The lowest BCUT2D eigenvalue weighted by Gasteiger charge is -2.25. The predicted molar refractivity (Wildman–Crippen MR) is 64.3 cm³/mol. The Kier molecular flexibility index (Phi) is 3.89. The van der Waals surface area contributed by atoms with E-state index in [-0.39, 0.29) is 13.2 Å². The molecule has 0 aromatic heterocycles. The predicted octanol–water partition coefficient (Wildman–Crippen LogP) is 1.31. The molecule has 0 radical (unpaired) electrons. The average Bonchev–Trinajstić information content (AvgIpc) is 2.37. The van der Waals surface area contributed by atoms with Crippen molar-refractivity contribution in [2.24, 2.45) is 0 Å². The van der Waals surface area contributed by atoms with Gasteiger partial charge in [0.15, 0.2) is 11.5 Å². The molecule has 0 fully saturated rings. The summed E-state index contributed by atoms with van der Waals surface area (Å²) in [6.45, 7) is 3.39. The van der Waals surface area contributed by atoms with Gasteiger partial charge >= 0.3 is 11.9 Å². The lowest BCUT2D eigenvalue weighted by molar-refractivity contribution is -0.153. The quantitative estimate of drug-likeness (QED) is 0.607. The van der Waals surface area contributed by atoms with E-state index in [9.17, 15) is 9.59 Å². The molecule has 1 aromatic carbocycles. The Hall–Kier alpha value is -2.24. The zero-order valence-electron chi connectivity index (χ0n) is 10.7. The highest BCUT2D eigenvalue weighted by molar-refractivity contribution is 5.76. The summed E-state index contributed by atoms with van der Waals surface area (Å²) in [5.41, 5.74) is 0. The fourth-order valence-electron chi connectivity index (χ4n) is 1.63. The number of carbonyl (C=O) groups is 2. The summed E-state index contributed by atoms with van der Waals surface area (Å²) < 4.78 is 20.7. The van der Waals surface area contributed by atoms with Gasteiger partial charge in [-0.2, -0.15) is 0 Å². The van der Waals surface area contributed by atoms with E-state index in [4.69, 9.17) is 18.9 Å². The number of rotatable bonds is 3. The molecule has 19 heavy (non-hydrogen) atoms. The van der Waals surface area contributed by atoms with Crippen molar-refractivity contribution < 1.29 is 28.5 Å².